The summed E-state index contributed by atoms with van der Waals surface area (Å²) >= 11 is 3.18. The van der Waals surface area contributed by atoms with Crippen molar-refractivity contribution in [3.05, 3.63) is 28.5 Å². The molecule has 3 N–H and O–H groups in total. The van der Waals surface area contributed by atoms with Gasteiger partial charge in [0.1, 0.15) is 5.82 Å². The molecular weight excluding hydrogens is 275 g/mol. The van der Waals surface area contributed by atoms with Crippen LogP contribution in [0.1, 0.15) is 6.42 Å². The van der Waals surface area contributed by atoms with E-state index in [-0.39, 0.29) is 6.42 Å². The van der Waals surface area contributed by atoms with Crippen molar-refractivity contribution in [2.45, 2.75) is 12.5 Å². The molecule has 0 aliphatic rings. The van der Waals surface area contributed by atoms with Gasteiger partial charge in [0, 0.05) is 10.9 Å². The Hall–Kier alpha value is -1.38. The van der Waals surface area contributed by atoms with Crippen LogP contribution >= 0.6 is 15.9 Å². The molecule has 1 atom stereocenters. The van der Waals surface area contributed by atoms with Crippen LogP contribution in [-0.2, 0) is 4.79 Å². The van der Waals surface area contributed by atoms with E-state index >= 15 is 0 Å². The average Bonchev–Trinajstić information content (AvgIpc) is 2.23. The Bertz CT molecular complexity index is 442. The molecule has 0 fully saturated rings. The number of nitrogens with two attached hydrogens (primary N) is 1. The Kier molecular flexibility index (Phi) is 4.47. The number of hydrogen-bond acceptors (Lipinski definition) is 2. The third-order valence-corrected chi connectivity index (χ3v) is 2.55. The second kappa shape index (κ2) is 5.64. The molecule has 0 bridgehead atoms. The lowest BCUT2D eigenvalue weighted by Crippen LogP contribution is -2.35. The van der Waals surface area contributed by atoms with Gasteiger partial charge in [-0.25, -0.2) is 4.39 Å². The van der Waals surface area contributed by atoms with Gasteiger partial charge in [0.2, 0.25) is 5.91 Å². The smallest absolute Gasteiger partial charge is 0.242 e. The van der Waals surface area contributed by atoms with E-state index in [1.165, 1.54) is 18.2 Å². The van der Waals surface area contributed by atoms with Crippen molar-refractivity contribution in [2.75, 3.05) is 5.32 Å². The number of halogens is 2. The molecule has 1 unspecified atom stereocenters. The highest BCUT2D eigenvalue weighted by Gasteiger charge is 2.13. The molecule has 0 radical (unpaired) electrons. The fourth-order valence-corrected chi connectivity index (χ4v) is 1.38. The average molecular weight is 285 g/mol. The lowest BCUT2D eigenvalue weighted by atomic mass is 10.2. The van der Waals surface area contributed by atoms with Crippen LogP contribution in [-0.4, -0.2) is 11.9 Å². The number of terminal acetylenes is 1. The minimum Gasteiger partial charge on any atom is -0.324 e. The van der Waals surface area contributed by atoms with E-state index in [1.807, 2.05) is 0 Å². The van der Waals surface area contributed by atoms with Gasteiger partial charge in [-0.2, -0.15) is 0 Å². The monoisotopic (exact) mass is 284 g/mol. The zero-order valence-electron chi connectivity index (χ0n) is 8.34. The zero-order chi connectivity index (χ0) is 12.1. The SMILES string of the molecule is C#CCC(N)C(=O)Nc1cc(F)ccc1Br. The molecular formula is C11H10BrFN2O. The topological polar surface area (TPSA) is 55.1 Å². The largest absolute Gasteiger partial charge is 0.324 e. The van der Waals surface area contributed by atoms with Crippen LogP contribution in [0.4, 0.5) is 10.1 Å². The number of benzene rings is 1. The molecule has 0 aliphatic carbocycles. The van der Waals surface area contributed by atoms with Gasteiger partial charge < -0.3 is 11.1 Å². The van der Waals surface area contributed by atoms with E-state index in [9.17, 15) is 9.18 Å². The summed E-state index contributed by atoms with van der Waals surface area (Å²) in [6, 6.07) is 3.18. The van der Waals surface area contributed by atoms with Gasteiger partial charge in [0.15, 0.2) is 0 Å². The summed E-state index contributed by atoms with van der Waals surface area (Å²) in [5.41, 5.74) is 5.83. The maximum Gasteiger partial charge on any atom is 0.242 e. The number of hydrogen-bond donors (Lipinski definition) is 2. The highest BCUT2D eigenvalue weighted by atomic mass is 79.9. The number of carbonyl (C=O) groups excluding carboxylic acids is 1. The number of amides is 1. The Balaban J connectivity index is 2.77. The van der Waals surface area contributed by atoms with Crippen LogP contribution < -0.4 is 11.1 Å². The van der Waals surface area contributed by atoms with Gasteiger partial charge in [-0.1, -0.05) is 0 Å². The Morgan fingerprint density at radius 3 is 3.00 bits per heavy atom. The quantitative estimate of drug-likeness (QED) is 0.833. The summed E-state index contributed by atoms with van der Waals surface area (Å²) < 4.78 is 13.5. The standard InChI is InChI=1S/C11H10BrFN2O/c1-2-3-9(14)11(16)15-10-6-7(13)4-5-8(10)12/h1,4-6,9H,3,14H2,(H,15,16). The third kappa shape index (κ3) is 3.33. The second-order valence-corrected chi connectivity index (χ2v) is 3.98. The van der Waals surface area contributed by atoms with Gasteiger partial charge in [0.05, 0.1) is 11.7 Å². The van der Waals surface area contributed by atoms with Crippen LogP contribution in [0.3, 0.4) is 0 Å². The molecule has 1 aromatic rings. The first kappa shape index (κ1) is 12.7. The summed E-state index contributed by atoms with van der Waals surface area (Å²) in [7, 11) is 0. The molecule has 1 amide bonds. The van der Waals surface area contributed by atoms with Crippen molar-refractivity contribution >= 4 is 27.5 Å². The molecule has 5 heteroatoms. The number of rotatable bonds is 3. The minimum absolute atomic E-state index is 0.138. The van der Waals surface area contributed by atoms with Gasteiger partial charge in [-0.3, -0.25) is 4.79 Å². The van der Waals surface area contributed by atoms with Crippen molar-refractivity contribution in [2.24, 2.45) is 5.73 Å². The van der Waals surface area contributed by atoms with Gasteiger partial charge in [-0.05, 0) is 34.1 Å². The Morgan fingerprint density at radius 2 is 2.38 bits per heavy atom. The van der Waals surface area contributed by atoms with Crippen molar-refractivity contribution in [1.29, 1.82) is 0 Å². The van der Waals surface area contributed by atoms with Crippen LogP contribution in [0, 0.1) is 18.2 Å². The van der Waals surface area contributed by atoms with Gasteiger partial charge >= 0.3 is 0 Å². The predicted molar refractivity (Wildman–Crippen MR) is 64.2 cm³/mol. The Labute approximate surface area is 101 Å². The maximum atomic E-state index is 12.9. The van der Waals surface area contributed by atoms with Crippen molar-refractivity contribution in [3.63, 3.8) is 0 Å². The van der Waals surface area contributed by atoms with Crippen LogP contribution in [0.25, 0.3) is 0 Å². The molecule has 0 spiro atoms. The van der Waals surface area contributed by atoms with E-state index in [2.05, 4.69) is 27.2 Å². The summed E-state index contributed by atoms with van der Waals surface area (Å²) in [4.78, 5) is 11.5. The highest BCUT2D eigenvalue weighted by Crippen LogP contribution is 2.23. The fourth-order valence-electron chi connectivity index (χ4n) is 1.04. The van der Waals surface area contributed by atoms with E-state index in [0.29, 0.717) is 10.2 Å². The molecule has 0 heterocycles. The van der Waals surface area contributed by atoms with Crippen molar-refractivity contribution < 1.29 is 9.18 Å². The van der Waals surface area contributed by atoms with Crippen LogP contribution in [0.15, 0.2) is 22.7 Å². The molecule has 0 saturated carbocycles. The highest BCUT2D eigenvalue weighted by molar-refractivity contribution is 9.10. The fraction of sp³-hybridized carbons (Fsp3) is 0.182. The second-order valence-electron chi connectivity index (χ2n) is 3.13. The molecule has 16 heavy (non-hydrogen) atoms. The van der Waals surface area contributed by atoms with Crippen LogP contribution in [0.2, 0.25) is 0 Å². The van der Waals surface area contributed by atoms with Crippen molar-refractivity contribution in [3.8, 4) is 12.3 Å². The summed E-state index contributed by atoms with van der Waals surface area (Å²) in [5, 5.41) is 2.49. The third-order valence-electron chi connectivity index (χ3n) is 1.86. The Morgan fingerprint density at radius 1 is 1.69 bits per heavy atom. The normalized spacial score (nSPS) is 11.6. The van der Waals surface area contributed by atoms with E-state index < -0.39 is 17.8 Å². The van der Waals surface area contributed by atoms with Gasteiger partial charge in [-0.15, -0.1) is 12.3 Å². The number of anilines is 1. The predicted octanol–water partition coefficient (Wildman–Crippen LogP) is 1.88. The van der Waals surface area contributed by atoms with E-state index in [0.717, 1.165) is 0 Å². The molecule has 84 valence electrons. The summed E-state index contributed by atoms with van der Waals surface area (Å²) in [6.45, 7) is 0. The first-order valence-electron chi connectivity index (χ1n) is 4.49. The molecule has 1 rings (SSSR count). The molecule has 0 saturated heterocycles. The maximum absolute atomic E-state index is 12.9. The number of nitrogens with one attached hydrogen (secondary N) is 1. The molecule has 0 aliphatic heterocycles. The van der Waals surface area contributed by atoms with Crippen molar-refractivity contribution in [1.82, 2.24) is 0 Å². The number of carbonyl (C=O) groups is 1. The van der Waals surface area contributed by atoms with E-state index in [4.69, 9.17) is 12.2 Å². The lowest BCUT2D eigenvalue weighted by molar-refractivity contribution is -0.117. The summed E-state index contributed by atoms with van der Waals surface area (Å²) in [6.07, 6.45) is 5.17. The molecule has 0 aromatic heterocycles. The van der Waals surface area contributed by atoms with Crippen LogP contribution in [0.5, 0.6) is 0 Å². The first-order valence-corrected chi connectivity index (χ1v) is 5.29. The first-order chi connectivity index (χ1) is 7.54. The lowest BCUT2D eigenvalue weighted by Gasteiger charge is -2.11. The van der Waals surface area contributed by atoms with E-state index in [1.54, 1.807) is 0 Å². The molecule has 1 aromatic carbocycles. The molecule has 3 nitrogen and oxygen atoms in total. The zero-order valence-corrected chi connectivity index (χ0v) is 9.92. The minimum atomic E-state index is -0.792. The summed E-state index contributed by atoms with van der Waals surface area (Å²) in [5.74, 6) is 1.41. The van der Waals surface area contributed by atoms with Gasteiger partial charge in [0.25, 0.3) is 0 Å².